The molecular weight excluding hydrogens is 310 g/mol. The lowest BCUT2D eigenvalue weighted by Gasteiger charge is -2.34. The van der Waals surface area contributed by atoms with E-state index in [9.17, 15) is 4.79 Å². The number of aromatic nitrogens is 1. The summed E-state index contributed by atoms with van der Waals surface area (Å²) in [7, 11) is 0. The Kier molecular flexibility index (Phi) is 6.41. The second-order valence-corrected chi connectivity index (χ2v) is 8.20. The molecule has 1 fully saturated rings. The first-order valence-electron chi connectivity index (χ1n) is 8.43. The van der Waals surface area contributed by atoms with Gasteiger partial charge in [-0.1, -0.05) is 0 Å². The molecule has 6 heteroatoms. The Morgan fingerprint density at radius 2 is 2.30 bits per heavy atom. The van der Waals surface area contributed by atoms with E-state index in [1.807, 2.05) is 38.1 Å². The number of rotatable bonds is 5. The summed E-state index contributed by atoms with van der Waals surface area (Å²) in [6.07, 6.45) is 3.19. The summed E-state index contributed by atoms with van der Waals surface area (Å²) >= 11 is 1.70. The molecule has 5 nitrogen and oxygen atoms in total. The quantitative estimate of drug-likeness (QED) is 0.833. The third-order valence-corrected chi connectivity index (χ3v) is 4.97. The SMILES string of the molecule is Cc1ncsc1CNCCC1CCCN(C(=O)OC(C)(C)C)C1. The van der Waals surface area contributed by atoms with Crippen LogP contribution in [0.25, 0.3) is 0 Å². The molecule has 1 aromatic rings. The van der Waals surface area contributed by atoms with Crippen LogP contribution >= 0.6 is 11.3 Å². The van der Waals surface area contributed by atoms with E-state index in [2.05, 4.69) is 10.3 Å². The Bertz CT molecular complexity index is 510. The standard InChI is InChI=1S/C17H29N3O2S/c1-13-15(23-12-19-13)10-18-8-7-14-6-5-9-20(11-14)16(21)22-17(2,3)4/h12,14,18H,5-11H2,1-4H3. The minimum atomic E-state index is -0.418. The maximum absolute atomic E-state index is 12.2. The van der Waals surface area contributed by atoms with E-state index < -0.39 is 5.60 Å². The lowest BCUT2D eigenvalue weighted by Crippen LogP contribution is -2.43. The zero-order valence-electron chi connectivity index (χ0n) is 14.7. The van der Waals surface area contributed by atoms with Gasteiger partial charge in [0.05, 0.1) is 11.2 Å². The van der Waals surface area contributed by atoms with E-state index in [0.29, 0.717) is 5.92 Å². The highest BCUT2D eigenvalue weighted by molar-refractivity contribution is 7.09. The predicted octanol–water partition coefficient (Wildman–Crippen LogP) is 3.58. The number of ether oxygens (including phenoxy) is 1. The van der Waals surface area contributed by atoms with Gasteiger partial charge in [0.25, 0.3) is 0 Å². The average molecular weight is 340 g/mol. The van der Waals surface area contributed by atoms with Gasteiger partial charge in [-0.2, -0.15) is 0 Å². The maximum atomic E-state index is 12.2. The van der Waals surface area contributed by atoms with Gasteiger partial charge in [0.15, 0.2) is 0 Å². The van der Waals surface area contributed by atoms with Gasteiger partial charge in [0.1, 0.15) is 5.60 Å². The fourth-order valence-electron chi connectivity index (χ4n) is 2.80. The molecular formula is C17H29N3O2S. The number of nitrogens with one attached hydrogen (secondary N) is 1. The van der Waals surface area contributed by atoms with Gasteiger partial charge in [0, 0.05) is 24.5 Å². The Labute approximate surface area is 143 Å². The van der Waals surface area contributed by atoms with Gasteiger partial charge >= 0.3 is 6.09 Å². The third-order valence-electron chi connectivity index (χ3n) is 4.03. The van der Waals surface area contributed by atoms with Crippen molar-refractivity contribution in [1.82, 2.24) is 15.2 Å². The van der Waals surface area contributed by atoms with E-state index in [0.717, 1.165) is 44.7 Å². The highest BCUT2D eigenvalue weighted by Gasteiger charge is 2.27. The molecule has 1 amide bonds. The van der Waals surface area contributed by atoms with E-state index in [4.69, 9.17) is 4.74 Å². The van der Waals surface area contributed by atoms with Gasteiger partial charge < -0.3 is 15.0 Å². The van der Waals surface area contributed by atoms with Crippen molar-refractivity contribution in [2.24, 2.45) is 5.92 Å². The minimum Gasteiger partial charge on any atom is -0.444 e. The number of hydrogen-bond acceptors (Lipinski definition) is 5. The van der Waals surface area contributed by atoms with Gasteiger partial charge in [-0.15, -0.1) is 11.3 Å². The van der Waals surface area contributed by atoms with Crippen LogP contribution in [0.3, 0.4) is 0 Å². The van der Waals surface area contributed by atoms with Crippen molar-refractivity contribution >= 4 is 17.4 Å². The summed E-state index contributed by atoms with van der Waals surface area (Å²) in [5.74, 6) is 0.561. The molecule has 1 N–H and O–H groups in total. The third kappa shape index (κ3) is 6.11. The fourth-order valence-corrected chi connectivity index (χ4v) is 3.54. The molecule has 0 radical (unpaired) electrons. The van der Waals surface area contributed by atoms with Crippen molar-refractivity contribution in [3.63, 3.8) is 0 Å². The van der Waals surface area contributed by atoms with E-state index in [1.54, 1.807) is 11.3 Å². The lowest BCUT2D eigenvalue weighted by atomic mass is 9.95. The van der Waals surface area contributed by atoms with Gasteiger partial charge in [-0.25, -0.2) is 9.78 Å². The van der Waals surface area contributed by atoms with Crippen LogP contribution in [0.15, 0.2) is 5.51 Å². The molecule has 0 aromatic carbocycles. The lowest BCUT2D eigenvalue weighted by molar-refractivity contribution is 0.0162. The van der Waals surface area contributed by atoms with Gasteiger partial charge in [-0.05, 0) is 59.4 Å². The monoisotopic (exact) mass is 339 g/mol. The Balaban J connectivity index is 1.69. The highest BCUT2D eigenvalue weighted by Crippen LogP contribution is 2.21. The van der Waals surface area contributed by atoms with Crippen molar-refractivity contribution in [2.75, 3.05) is 19.6 Å². The van der Waals surface area contributed by atoms with Crippen molar-refractivity contribution in [1.29, 1.82) is 0 Å². The molecule has 1 aliphatic rings. The topological polar surface area (TPSA) is 54.5 Å². The molecule has 1 aromatic heterocycles. The number of thiazole rings is 1. The van der Waals surface area contributed by atoms with E-state index >= 15 is 0 Å². The van der Waals surface area contributed by atoms with Crippen molar-refractivity contribution < 1.29 is 9.53 Å². The number of aryl methyl sites for hydroxylation is 1. The minimum absolute atomic E-state index is 0.171. The molecule has 1 saturated heterocycles. The molecule has 2 rings (SSSR count). The second kappa shape index (κ2) is 8.11. The van der Waals surface area contributed by atoms with Crippen LogP contribution in [0.2, 0.25) is 0 Å². The number of hydrogen-bond donors (Lipinski definition) is 1. The van der Waals surface area contributed by atoms with Crippen LogP contribution in [0.5, 0.6) is 0 Å². The second-order valence-electron chi connectivity index (χ2n) is 7.26. The zero-order chi connectivity index (χ0) is 16.9. The summed E-state index contributed by atoms with van der Waals surface area (Å²) < 4.78 is 5.48. The van der Waals surface area contributed by atoms with Crippen LogP contribution < -0.4 is 5.32 Å². The van der Waals surface area contributed by atoms with Crippen LogP contribution in [-0.2, 0) is 11.3 Å². The van der Waals surface area contributed by atoms with Crippen LogP contribution in [-0.4, -0.2) is 41.2 Å². The molecule has 0 saturated carbocycles. The van der Waals surface area contributed by atoms with Gasteiger partial charge in [0.2, 0.25) is 0 Å². The largest absolute Gasteiger partial charge is 0.444 e. The number of carbonyl (C=O) groups excluding carboxylic acids is 1. The zero-order valence-corrected chi connectivity index (χ0v) is 15.5. The smallest absolute Gasteiger partial charge is 0.410 e. The molecule has 1 unspecified atom stereocenters. The summed E-state index contributed by atoms with van der Waals surface area (Å²) in [6.45, 7) is 11.3. The number of carbonyl (C=O) groups is 1. The molecule has 23 heavy (non-hydrogen) atoms. The highest BCUT2D eigenvalue weighted by atomic mass is 32.1. The molecule has 130 valence electrons. The summed E-state index contributed by atoms with van der Waals surface area (Å²) in [6, 6.07) is 0. The van der Waals surface area contributed by atoms with Crippen molar-refractivity contribution in [3.8, 4) is 0 Å². The summed E-state index contributed by atoms with van der Waals surface area (Å²) in [5.41, 5.74) is 2.60. The molecule has 0 spiro atoms. The normalized spacial score (nSPS) is 19.0. The van der Waals surface area contributed by atoms with Crippen LogP contribution in [0, 0.1) is 12.8 Å². The molecule has 1 atom stereocenters. The van der Waals surface area contributed by atoms with E-state index in [-0.39, 0.29) is 6.09 Å². The first-order chi connectivity index (χ1) is 10.8. The summed E-state index contributed by atoms with van der Waals surface area (Å²) in [4.78, 5) is 19.6. The molecule has 1 aliphatic heterocycles. The number of nitrogens with zero attached hydrogens (tertiary/aromatic N) is 2. The number of likely N-dealkylation sites (tertiary alicyclic amines) is 1. The molecule has 0 bridgehead atoms. The Morgan fingerprint density at radius 3 is 2.96 bits per heavy atom. The van der Waals surface area contributed by atoms with E-state index in [1.165, 1.54) is 11.3 Å². The van der Waals surface area contributed by atoms with Crippen molar-refractivity contribution in [3.05, 3.63) is 16.1 Å². The van der Waals surface area contributed by atoms with Crippen molar-refractivity contribution in [2.45, 2.75) is 59.1 Å². The first kappa shape index (κ1) is 18.2. The Hall–Kier alpha value is -1.14. The van der Waals surface area contributed by atoms with Crippen LogP contribution in [0.4, 0.5) is 4.79 Å². The summed E-state index contributed by atoms with van der Waals surface area (Å²) in [5, 5.41) is 3.49. The Morgan fingerprint density at radius 1 is 1.52 bits per heavy atom. The van der Waals surface area contributed by atoms with Gasteiger partial charge in [-0.3, -0.25) is 0 Å². The maximum Gasteiger partial charge on any atom is 0.410 e. The molecule has 2 heterocycles. The number of amides is 1. The molecule has 0 aliphatic carbocycles. The van der Waals surface area contributed by atoms with Crippen LogP contribution in [0.1, 0.15) is 50.6 Å². The average Bonchev–Trinajstić information content (AvgIpc) is 2.88. The predicted molar refractivity (Wildman–Crippen MR) is 93.7 cm³/mol. The fraction of sp³-hybridized carbons (Fsp3) is 0.765. The number of piperidine rings is 1. The first-order valence-corrected chi connectivity index (χ1v) is 9.31.